The maximum atomic E-state index is 12.8. The van der Waals surface area contributed by atoms with Crippen molar-refractivity contribution in [2.24, 2.45) is 0 Å². The van der Waals surface area contributed by atoms with Crippen LogP contribution in [0.15, 0.2) is 24.3 Å². The number of ether oxygens (including phenoxy) is 2. The molecule has 2 unspecified atom stereocenters. The summed E-state index contributed by atoms with van der Waals surface area (Å²) in [7, 11) is 0. The Morgan fingerprint density at radius 1 is 0.971 bits per heavy atom. The van der Waals surface area contributed by atoms with E-state index < -0.39 is 0 Å². The highest BCUT2D eigenvalue weighted by Gasteiger charge is 2.48. The van der Waals surface area contributed by atoms with Gasteiger partial charge in [-0.25, -0.2) is 9.59 Å². The van der Waals surface area contributed by atoms with Crippen molar-refractivity contribution in [2.75, 3.05) is 32.8 Å². The molecule has 3 fully saturated rings. The predicted molar refractivity (Wildman–Crippen MR) is 130 cm³/mol. The Hall–Kier alpha value is -2.28. The maximum Gasteiger partial charge on any atom is 0.410 e. The Balaban J connectivity index is 1.27. The third kappa shape index (κ3) is 4.28. The molecule has 4 aliphatic rings. The fourth-order valence-electron chi connectivity index (χ4n) is 6.98. The minimum absolute atomic E-state index is 0.00118. The third-order valence-corrected chi connectivity index (χ3v) is 8.59. The van der Waals surface area contributed by atoms with Crippen LogP contribution < -0.4 is 0 Å². The molecule has 0 N–H and O–H groups in total. The van der Waals surface area contributed by atoms with Crippen molar-refractivity contribution in [3.8, 4) is 0 Å². The van der Waals surface area contributed by atoms with E-state index in [1.165, 1.54) is 11.1 Å². The quantitative estimate of drug-likeness (QED) is 0.648. The molecule has 34 heavy (non-hydrogen) atoms. The number of benzene rings is 1. The number of piperidine rings is 2. The molecule has 2 amide bonds. The average molecular weight is 470 g/mol. The molecule has 4 heterocycles. The summed E-state index contributed by atoms with van der Waals surface area (Å²) in [6, 6.07) is 9.83. The SMILES string of the molecule is CCCOC(=O)N1Cc2ccccc2C2(CCN(C3CC4CCC(C3)N4C(=O)OCC)CC2)C1. The Morgan fingerprint density at radius 3 is 2.35 bits per heavy atom. The molecular formula is C27H39N3O4. The molecule has 4 aliphatic heterocycles. The maximum absolute atomic E-state index is 12.8. The first kappa shape index (κ1) is 23.5. The van der Waals surface area contributed by atoms with E-state index in [1.807, 2.05) is 23.6 Å². The number of carbonyl (C=O) groups excluding carboxylic acids is 2. The highest BCUT2D eigenvalue weighted by atomic mass is 16.6. The zero-order chi connectivity index (χ0) is 23.7. The van der Waals surface area contributed by atoms with Gasteiger partial charge in [0.2, 0.25) is 0 Å². The van der Waals surface area contributed by atoms with Crippen molar-refractivity contribution in [1.29, 1.82) is 0 Å². The second kappa shape index (κ2) is 9.76. The second-order valence-electron chi connectivity index (χ2n) is 10.6. The van der Waals surface area contributed by atoms with E-state index in [1.54, 1.807) is 0 Å². The molecule has 5 rings (SSSR count). The molecule has 1 aromatic carbocycles. The number of fused-ring (bicyclic) bond motifs is 4. The van der Waals surface area contributed by atoms with Crippen LogP contribution in [0.3, 0.4) is 0 Å². The second-order valence-corrected chi connectivity index (χ2v) is 10.6. The van der Waals surface area contributed by atoms with Gasteiger partial charge in [-0.05, 0) is 76.1 Å². The van der Waals surface area contributed by atoms with Crippen molar-refractivity contribution >= 4 is 12.2 Å². The molecule has 2 bridgehead atoms. The van der Waals surface area contributed by atoms with Crippen molar-refractivity contribution in [1.82, 2.24) is 14.7 Å². The Morgan fingerprint density at radius 2 is 1.68 bits per heavy atom. The number of amides is 2. The number of carbonyl (C=O) groups is 2. The van der Waals surface area contributed by atoms with E-state index in [2.05, 4.69) is 29.2 Å². The first-order chi connectivity index (χ1) is 16.5. The van der Waals surface area contributed by atoms with Crippen molar-refractivity contribution in [3.05, 3.63) is 35.4 Å². The number of hydrogen-bond donors (Lipinski definition) is 0. The van der Waals surface area contributed by atoms with Gasteiger partial charge < -0.3 is 24.2 Å². The van der Waals surface area contributed by atoms with Gasteiger partial charge in [-0.1, -0.05) is 31.2 Å². The molecule has 0 aliphatic carbocycles. The van der Waals surface area contributed by atoms with E-state index in [-0.39, 0.29) is 17.6 Å². The molecule has 1 aromatic rings. The summed E-state index contributed by atoms with van der Waals surface area (Å²) in [6.07, 6.45) is 6.93. The minimum atomic E-state index is -0.180. The summed E-state index contributed by atoms with van der Waals surface area (Å²) in [6.45, 7) is 8.28. The molecule has 7 heteroatoms. The predicted octanol–water partition coefficient (Wildman–Crippen LogP) is 4.53. The fourth-order valence-corrected chi connectivity index (χ4v) is 6.98. The van der Waals surface area contributed by atoms with Crippen LogP contribution in [0.25, 0.3) is 0 Å². The van der Waals surface area contributed by atoms with Gasteiger partial charge in [-0.15, -0.1) is 0 Å². The molecule has 2 atom stereocenters. The number of rotatable bonds is 4. The van der Waals surface area contributed by atoms with Gasteiger partial charge in [-0.3, -0.25) is 0 Å². The molecule has 7 nitrogen and oxygen atoms in total. The first-order valence-electron chi connectivity index (χ1n) is 13.2. The molecule has 3 saturated heterocycles. The summed E-state index contributed by atoms with van der Waals surface area (Å²) < 4.78 is 10.8. The topological polar surface area (TPSA) is 62.3 Å². The minimum Gasteiger partial charge on any atom is -0.450 e. The Labute approximate surface area is 203 Å². The van der Waals surface area contributed by atoms with E-state index in [4.69, 9.17) is 9.47 Å². The summed E-state index contributed by atoms with van der Waals surface area (Å²) in [5, 5.41) is 0. The van der Waals surface area contributed by atoms with Crippen molar-refractivity contribution < 1.29 is 19.1 Å². The van der Waals surface area contributed by atoms with Crippen LogP contribution in [0, 0.1) is 0 Å². The monoisotopic (exact) mass is 469 g/mol. The summed E-state index contributed by atoms with van der Waals surface area (Å²) >= 11 is 0. The molecule has 0 radical (unpaired) electrons. The van der Waals surface area contributed by atoms with Crippen LogP contribution in [-0.4, -0.2) is 77.9 Å². The average Bonchev–Trinajstić information content (AvgIpc) is 3.12. The molecule has 0 saturated carbocycles. The first-order valence-corrected chi connectivity index (χ1v) is 13.2. The largest absolute Gasteiger partial charge is 0.450 e. The van der Waals surface area contributed by atoms with Crippen LogP contribution >= 0.6 is 0 Å². The standard InChI is InChI=1S/C27H39N3O4/c1-3-15-34-25(31)29-18-20-7-5-6-8-24(20)27(19-29)11-13-28(14-12-27)23-16-21-9-10-22(17-23)30(21)26(32)33-4-2/h5-8,21-23H,3-4,9-19H2,1-2H3. The van der Waals surface area contributed by atoms with Gasteiger partial charge in [-0.2, -0.15) is 0 Å². The highest BCUT2D eigenvalue weighted by Crippen LogP contribution is 2.44. The van der Waals surface area contributed by atoms with Crippen molar-refractivity contribution in [2.45, 2.75) is 88.9 Å². The summed E-state index contributed by atoms with van der Waals surface area (Å²) in [4.78, 5) is 31.8. The van der Waals surface area contributed by atoms with E-state index in [0.717, 1.165) is 64.6 Å². The van der Waals surface area contributed by atoms with Gasteiger partial charge >= 0.3 is 12.2 Å². The summed E-state index contributed by atoms with van der Waals surface area (Å²) in [5.41, 5.74) is 2.68. The lowest BCUT2D eigenvalue weighted by Crippen LogP contribution is -2.57. The van der Waals surface area contributed by atoms with Gasteiger partial charge in [0.1, 0.15) is 0 Å². The molecule has 186 valence electrons. The van der Waals surface area contributed by atoms with Gasteiger partial charge in [0.05, 0.1) is 13.2 Å². The smallest absolute Gasteiger partial charge is 0.410 e. The van der Waals surface area contributed by atoms with Crippen LogP contribution in [0.5, 0.6) is 0 Å². The molecular weight excluding hydrogens is 430 g/mol. The Kier molecular flexibility index (Phi) is 6.74. The fraction of sp³-hybridized carbons (Fsp3) is 0.704. The van der Waals surface area contributed by atoms with E-state index in [0.29, 0.717) is 37.9 Å². The lowest BCUT2D eigenvalue weighted by Gasteiger charge is -2.51. The van der Waals surface area contributed by atoms with E-state index >= 15 is 0 Å². The molecule has 0 aromatic heterocycles. The number of hydrogen-bond acceptors (Lipinski definition) is 5. The molecule has 1 spiro atoms. The number of nitrogens with zero attached hydrogens (tertiary/aromatic N) is 3. The summed E-state index contributed by atoms with van der Waals surface area (Å²) in [5.74, 6) is 0. The highest BCUT2D eigenvalue weighted by molar-refractivity contribution is 5.69. The van der Waals surface area contributed by atoms with E-state index in [9.17, 15) is 9.59 Å². The van der Waals surface area contributed by atoms with Crippen LogP contribution in [-0.2, 0) is 21.4 Å². The lowest BCUT2D eigenvalue weighted by atomic mass is 9.68. The number of likely N-dealkylation sites (tertiary alicyclic amines) is 1. The third-order valence-electron chi connectivity index (χ3n) is 8.59. The van der Waals surface area contributed by atoms with Gasteiger partial charge in [0.15, 0.2) is 0 Å². The van der Waals surface area contributed by atoms with Gasteiger partial charge in [0, 0.05) is 36.6 Å². The lowest BCUT2D eigenvalue weighted by molar-refractivity contribution is 0.0182. The van der Waals surface area contributed by atoms with Gasteiger partial charge in [0.25, 0.3) is 0 Å². The zero-order valence-corrected chi connectivity index (χ0v) is 20.7. The Bertz CT molecular complexity index is 884. The van der Waals surface area contributed by atoms with Crippen LogP contribution in [0.1, 0.15) is 69.9 Å². The normalized spacial score (nSPS) is 28.0. The van der Waals surface area contributed by atoms with Crippen molar-refractivity contribution in [3.63, 3.8) is 0 Å². The van der Waals surface area contributed by atoms with Crippen LogP contribution in [0.2, 0.25) is 0 Å². The zero-order valence-electron chi connectivity index (χ0n) is 20.7. The van der Waals surface area contributed by atoms with Crippen LogP contribution in [0.4, 0.5) is 9.59 Å².